The fourth-order valence-corrected chi connectivity index (χ4v) is 3.90. The Morgan fingerprint density at radius 2 is 2.12 bits per heavy atom. The number of aliphatic hydroxyl groups excluding tert-OH is 1. The molecular formula is C20H33N3O2. The number of nitrogens with one attached hydrogen (secondary N) is 1. The van der Waals surface area contributed by atoms with E-state index in [0.29, 0.717) is 12.5 Å². The van der Waals surface area contributed by atoms with Gasteiger partial charge in [-0.25, -0.2) is 4.79 Å². The molecule has 2 amide bonds. The third-order valence-corrected chi connectivity index (χ3v) is 5.09. The Morgan fingerprint density at radius 1 is 1.40 bits per heavy atom. The molecule has 0 saturated carbocycles. The van der Waals surface area contributed by atoms with Crippen LogP contribution in [0.4, 0.5) is 10.5 Å². The molecule has 140 valence electrons. The second-order valence-electron chi connectivity index (χ2n) is 8.08. The maximum Gasteiger partial charge on any atom is 0.321 e. The van der Waals surface area contributed by atoms with Crippen molar-refractivity contribution in [3.05, 3.63) is 29.3 Å². The van der Waals surface area contributed by atoms with Gasteiger partial charge >= 0.3 is 6.03 Å². The van der Waals surface area contributed by atoms with Gasteiger partial charge in [-0.1, -0.05) is 19.9 Å². The summed E-state index contributed by atoms with van der Waals surface area (Å²) in [6.45, 7) is 8.65. The largest absolute Gasteiger partial charge is 0.396 e. The van der Waals surface area contributed by atoms with Crippen molar-refractivity contribution in [2.45, 2.75) is 39.5 Å². The maximum absolute atomic E-state index is 12.7. The van der Waals surface area contributed by atoms with Crippen LogP contribution >= 0.6 is 0 Å². The van der Waals surface area contributed by atoms with E-state index in [2.05, 4.69) is 43.1 Å². The second kappa shape index (κ2) is 8.19. The molecule has 0 unspecified atom stereocenters. The highest BCUT2D eigenvalue weighted by atomic mass is 16.3. The zero-order chi connectivity index (χ0) is 18.6. The molecule has 2 rings (SSSR count). The van der Waals surface area contributed by atoms with Crippen molar-refractivity contribution >= 4 is 11.7 Å². The number of rotatable bonds is 5. The molecule has 0 spiro atoms. The normalized spacial score (nSPS) is 21.0. The molecule has 1 aromatic carbocycles. The number of piperidine rings is 1. The van der Waals surface area contributed by atoms with Gasteiger partial charge in [0.25, 0.3) is 0 Å². The summed E-state index contributed by atoms with van der Waals surface area (Å²) in [6, 6.07) is 6.02. The average Bonchev–Trinajstić information content (AvgIpc) is 2.56. The predicted octanol–water partition coefficient (Wildman–Crippen LogP) is 3.29. The third kappa shape index (κ3) is 4.95. The van der Waals surface area contributed by atoms with E-state index in [1.165, 1.54) is 11.1 Å². The number of carbonyl (C=O) groups excluding carboxylic acids is 1. The van der Waals surface area contributed by atoms with Crippen LogP contribution in [0.15, 0.2) is 18.2 Å². The zero-order valence-corrected chi connectivity index (χ0v) is 16.3. The van der Waals surface area contributed by atoms with E-state index in [9.17, 15) is 9.90 Å². The molecule has 1 fully saturated rings. The first kappa shape index (κ1) is 19.7. The van der Waals surface area contributed by atoms with Gasteiger partial charge < -0.3 is 20.2 Å². The number of carbonyl (C=O) groups is 1. The van der Waals surface area contributed by atoms with Crippen LogP contribution in [-0.4, -0.2) is 61.3 Å². The van der Waals surface area contributed by atoms with Gasteiger partial charge in [-0.15, -0.1) is 0 Å². The van der Waals surface area contributed by atoms with Crippen LogP contribution in [0.25, 0.3) is 0 Å². The van der Waals surface area contributed by atoms with Gasteiger partial charge in [0.2, 0.25) is 0 Å². The lowest BCUT2D eigenvalue weighted by Gasteiger charge is -2.43. The van der Waals surface area contributed by atoms with Crippen LogP contribution < -0.4 is 5.32 Å². The zero-order valence-electron chi connectivity index (χ0n) is 16.3. The molecule has 1 heterocycles. The Morgan fingerprint density at radius 3 is 2.72 bits per heavy atom. The number of amides is 2. The Hall–Kier alpha value is -1.59. The molecule has 1 aromatic rings. The van der Waals surface area contributed by atoms with Crippen LogP contribution in [0.2, 0.25) is 0 Å². The van der Waals surface area contributed by atoms with Crippen LogP contribution in [0.1, 0.15) is 43.7 Å². The lowest BCUT2D eigenvalue weighted by molar-refractivity contribution is 0.0294. The molecule has 5 nitrogen and oxygen atoms in total. The van der Waals surface area contributed by atoms with Gasteiger partial charge in [0.05, 0.1) is 6.61 Å². The minimum absolute atomic E-state index is 0.0742. The molecule has 2 N–H and O–H groups in total. The Balaban J connectivity index is 2.09. The summed E-state index contributed by atoms with van der Waals surface area (Å²) < 4.78 is 0. The summed E-state index contributed by atoms with van der Waals surface area (Å²) in [5.74, 6) is 0.425. The van der Waals surface area contributed by atoms with Crippen molar-refractivity contribution in [2.24, 2.45) is 5.41 Å². The molecule has 1 atom stereocenters. The molecule has 0 aromatic heterocycles. The number of aliphatic hydroxyl groups is 1. The second-order valence-corrected chi connectivity index (χ2v) is 8.08. The lowest BCUT2D eigenvalue weighted by atomic mass is 9.80. The fraction of sp³-hybridized carbons (Fsp3) is 0.650. The quantitative estimate of drug-likeness (QED) is 0.859. The van der Waals surface area contributed by atoms with Crippen molar-refractivity contribution < 1.29 is 9.90 Å². The predicted molar refractivity (Wildman–Crippen MR) is 103 cm³/mol. The van der Waals surface area contributed by atoms with E-state index in [1.807, 2.05) is 25.1 Å². The molecule has 1 saturated heterocycles. The van der Waals surface area contributed by atoms with Crippen molar-refractivity contribution in [1.82, 2.24) is 9.80 Å². The van der Waals surface area contributed by atoms with Crippen LogP contribution in [0, 0.1) is 12.3 Å². The van der Waals surface area contributed by atoms with Gasteiger partial charge in [-0.3, -0.25) is 0 Å². The number of aryl methyl sites for hydroxylation is 1. The monoisotopic (exact) mass is 347 g/mol. The van der Waals surface area contributed by atoms with Gasteiger partial charge in [0, 0.05) is 30.7 Å². The first-order valence-corrected chi connectivity index (χ1v) is 9.18. The fourth-order valence-electron chi connectivity index (χ4n) is 3.90. The smallest absolute Gasteiger partial charge is 0.321 e. The van der Waals surface area contributed by atoms with Crippen LogP contribution in [0.5, 0.6) is 0 Å². The van der Waals surface area contributed by atoms with E-state index >= 15 is 0 Å². The number of hydrogen-bond donors (Lipinski definition) is 2. The highest BCUT2D eigenvalue weighted by Gasteiger charge is 2.37. The standard InChI is InChI=1S/C20H33N3O2/c1-15(2)18-11-17(8-7-16(18)3)21-19(25)23-10-6-9-20(13-23,14-24)12-22(4)5/h7-8,11,15,24H,6,9-10,12-14H2,1-5H3,(H,21,25)/t20-/m1/s1. The van der Waals surface area contributed by atoms with Gasteiger partial charge in [-0.2, -0.15) is 0 Å². The Labute approximate surface area is 152 Å². The number of hydrogen-bond acceptors (Lipinski definition) is 3. The highest BCUT2D eigenvalue weighted by Crippen LogP contribution is 2.31. The summed E-state index contributed by atoms with van der Waals surface area (Å²) >= 11 is 0. The van der Waals surface area contributed by atoms with Crippen molar-refractivity contribution in [2.75, 3.05) is 45.7 Å². The summed E-state index contributed by atoms with van der Waals surface area (Å²) in [5, 5.41) is 13.0. The van der Waals surface area contributed by atoms with Gasteiger partial charge in [0.15, 0.2) is 0 Å². The molecule has 1 aliphatic heterocycles. The molecule has 0 aliphatic carbocycles. The number of nitrogens with zero attached hydrogens (tertiary/aromatic N) is 2. The van der Waals surface area contributed by atoms with Crippen LogP contribution in [0.3, 0.4) is 0 Å². The minimum Gasteiger partial charge on any atom is -0.396 e. The number of benzene rings is 1. The van der Waals surface area contributed by atoms with Crippen molar-refractivity contribution in [1.29, 1.82) is 0 Å². The van der Waals surface area contributed by atoms with E-state index in [-0.39, 0.29) is 18.1 Å². The molecule has 0 radical (unpaired) electrons. The Kier molecular flexibility index (Phi) is 6.47. The topological polar surface area (TPSA) is 55.8 Å². The Bertz CT molecular complexity index is 601. The molecular weight excluding hydrogens is 314 g/mol. The first-order chi connectivity index (χ1) is 11.8. The molecule has 1 aliphatic rings. The van der Waals surface area contributed by atoms with E-state index in [1.54, 1.807) is 0 Å². The maximum atomic E-state index is 12.7. The lowest BCUT2D eigenvalue weighted by Crippen LogP contribution is -2.52. The molecule has 0 bridgehead atoms. The molecule has 5 heteroatoms. The number of urea groups is 1. The SMILES string of the molecule is Cc1ccc(NC(=O)N2CCC[C@@](CO)(CN(C)C)C2)cc1C(C)C. The van der Waals surface area contributed by atoms with Crippen LogP contribution in [-0.2, 0) is 0 Å². The van der Waals surface area contributed by atoms with Crippen molar-refractivity contribution in [3.63, 3.8) is 0 Å². The molecule has 25 heavy (non-hydrogen) atoms. The summed E-state index contributed by atoms with van der Waals surface area (Å²) in [4.78, 5) is 16.7. The van der Waals surface area contributed by atoms with E-state index in [0.717, 1.165) is 31.6 Å². The minimum atomic E-state index is -0.227. The number of likely N-dealkylation sites (tertiary alicyclic amines) is 1. The van der Waals surface area contributed by atoms with Gasteiger partial charge in [-0.05, 0) is 63.0 Å². The van der Waals surface area contributed by atoms with Crippen molar-refractivity contribution in [3.8, 4) is 0 Å². The first-order valence-electron chi connectivity index (χ1n) is 9.18. The van der Waals surface area contributed by atoms with Gasteiger partial charge in [0.1, 0.15) is 0 Å². The van der Waals surface area contributed by atoms with E-state index < -0.39 is 0 Å². The summed E-state index contributed by atoms with van der Waals surface area (Å²) in [7, 11) is 4.02. The third-order valence-electron chi connectivity index (χ3n) is 5.09. The average molecular weight is 348 g/mol. The summed E-state index contributed by atoms with van der Waals surface area (Å²) in [6.07, 6.45) is 1.88. The number of anilines is 1. The van der Waals surface area contributed by atoms with E-state index in [4.69, 9.17) is 0 Å². The summed E-state index contributed by atoms with van der Waals surface area (Å²) in [5.41, 5.74) is 3.12. The highest BCUT2D eigenvalue weighted by molar-refractivity contribution is 5.89.